The minimum atomic E-state index is -0.471. The third-order valence-electron chi connectivity index (χ3n) is 2.33. The maximum atomic E-state index is 11.4. The molecule has 6 nitrogen and oxygen atoms in total. The Morgan fingerprint density at radius 1 is 1.44 bits per heavy atom. The lowest BCUT2D eigenvalue weighted by Crippen LogP contribution is -2.19. The molecule has 0 amide bonds. The van der Waals surface area contributed by atoms with Gasteiger partial charge in [-0.25, -0.2) is 0 Å². The predicted octanol–water partition coefficient (Wildman–Crippen LogP) is 1.15. The number of hydrogen-bond acceptors (Lipinski definition) is 4. The molecular formula is C10H9N3O3. The van der Waals surface area contributed by atoms with Gasteiger partial charge in [-0.15, -0.1) is 0 Å². The van der Waals surface area contributed by atoms with Gasteiger partial charge in [0.05, 0.1) is 17.0 Å². The molecule has 82 valence electrons. The van der Waals surface area contributed by atoms with Crippen molar-refractivity contribution in [3.63, 3.8) is 0 Å². The van der Waals surface area contributed by atoms with E-state index in [-0.39, 0.29) is 18.1 Å². The monoisotopic (exact) mass is 219 g/mol. The highest BCUT2D eigenvalue weighted by molar-refractivity contribution is 5.94. The summed E-state index contributed by atoms with van der Waals surface area (Å²) < 4.78 is 1.39. The van der Waals surface area contributed by atoms with E-state index in [0.717, 1.165) is 0 Å². The molecule has 0 radical (unpaired) electrons. The van der Waals surface area contributed by atoms with Gasteiger partial charge in [0.25, 0.3) is 5.69 Å². The first-order chi connectivity index (χ1) is 7.63. The highest BCUT2D eigenvalue weighted by atomic mass is 16.6. The number of benzene rings is 1. The zero-order valence-corrected chi connectivity index (χ0v) is 8.29. The smallest absolute Gasteiger partial charge is 0.270 e. The van der Waals surface area contributed by atoms with E-state index in [1.807, 2.05) is 0 Å². The third kappa shape index (κ3) is 1.55. The molecule has 0 bridgehead atoms. The number of carbonyl (C=O) groups is 1. The molecule has 1 aromatic heterocycles. The summed E-state index contributed by atoms with van der Waals surface area (Å²) in [5.74, 6) is -0.246. The number of fused-ring (bicyclic) bond motifs is 1. The van der Waals surface area contributed by atoms with Gasteiger partial charge in [0, 0.05) is 23.7 Å². The standard InChI is InChI=1S/C10H9N3O3/c11-6-10(14)12-4-3-7-5-8(13(15)16)1-2-9(7)12/h1-5H,6,11H2. The van der Waals surface area contributed by atoms with E-state index in [1.54, 1.807) is 18.3 Å². The van der Waals surface area contributed by atoms with E-state index in [4.69, 9.17) is 5.73 Å². The fraction of sp³-hybridized carbons (Fsp3) is 0.100. The fourth-order valence-electron chi connectivity index (χ4n) is 1.56. The van der Waals surface area contributed by atoms with Crippen molar-refractivity contribution in [2.45, 2.75) is 0 Å². The molecule has 0 fully saturated rings. The average Bonchev–Trinajstić information content (AvgIpc) is 2.70. The zero-order chi connectivity index (χ0) is 11.7. The zero-order valence-electron chi connectivity index (χ0n) is 8.29. The van der Waals surface area contributed by atoms with Crippen LogP contribution in [0.15, 0.2) is 30.5 Å². The minimum absolute atomic E-state index is 0.00504. The van der Waals surface area contributed by atoms with Gasteiger partial charge in [0.15, 0.2) is 0 Å². The Kier molecular flexibility index (Phi) is 2.41. The van der Waals surface area contributed by atoms with Crippen LogP contribution in [-0.2, 0) is 0 Å². The van der Waals surface area contributed by atoms with Crippen molar-refractivity contribution in [2.75, 3.05) is 6.54 Å². The molecule has 0 saturated heterocycles. The van der Waals surface area contributed by atoms with Gasteiger partial charge < -0.3 is 5.73 Å². The molecule has 16 heavy (non-hydrogen) atoms. The largest absolute Gasteiger partial charge is 0.322 e. The number of nitro groups is 1. The normalized spacial score (nSPS) is 10.6. The van der Waals surface area contributed by atoms with E-state index in [1.165, 1.54) is 16.7 Å². The van der Waals surface area contributed by atoms with Crippen LogP contribution in [0.25, 0.3) is 10.9 Å². The van der Waals surface area contributed by atoms with E-state index in [9.17, 15) is 14.9 Å². The Morgan fingerprint density at radius 2 is 2.19 bits per heavy atom. The lowest BCUT2D eigenvalue weighted by atomic mass is 10.2. The van der Waals surface area contributed by atoms with Gasteiger partial charge in [0.1, 0.15) is 0 Å². The molecule has 2 N–H and O–H groups in total. The van der Waals surface area contributed by atoms with E-state index in [2.05, 4.69) is 0 Å². The van der Waals surface area contributed by atoms with Crippen LogP contribution in [0.2, 0.25) is 0 Å². The Bertz CT molecular complexity index is 574. The number of carbonyl (C=O) groups excluding carboxylic acids is 1. The van der Waals surface area contributed by atoms with E-state index >= 15 is 0 Å². The van der Waals surface area contributed by atoms with Crippen LogP contribution in [0.5, 0.6) is 0 Å². The van der Waals surface area contributed by atoms with E-state index in [0.29, 0.717) is 10.9 Å². The molecule has 0 aliphatic carbocycles. The molecule has 0 aliphatic rings. The van der Waals surface area contributed by atoms with Crippen LogP contribution in [0, 0.1) is 10.1 Å². The predicted molar refractivity (Wildman–Crippen MR) is 58.3 cm³/mol. The molecular weight excluding hydrogens is 210 g/mol. The third-order valence-corrected chi connectivity index (χ3v) is 2.33. The van der Waals surface area contributed by atoms with Crippen LogP contribution < -0.4 is 5.73 Å². The summed E-state index contributed by atoms with van der Waals surface area (Å²) in [5, 5.41) is 11.2. The minimum Gasteiger partial charge on any atom is -0.322 e. The van der Waals surface area contributed by atoms with Crippen molar-refractivity contribution < 1.29 is 9.72 Å². The van der Waals surface area contributed by atoms with Gasteiger partial charge in [-0.3, -0.25) is 19.5 Å². The quantitative estimate of drug-likeness (QED) is 0.605. The topological polar surface area (TPSA) is 91.2 Å². The molecule has 6 heteroatoms. The highest BCUT2D eigenvalue weighted by Crippen LogP contribution is 2.21. The first kappa shape index (κ1) is 10.3. The molecule has 0 atom stereocenters. The Morgan fingerprint density at radius 3 is 2.81 bits per heavy atom. The molecule has 2 aromatic rings. The van der Waals surface area contributed by atoms with Gasteiger partial charge in [-0.2, -0.15) is 0 Å². The lowest BCUT2D eigenvalue weighted by molar-refractivity contribution is -0.384. The summed E-state index contributed by atoms with van der Waals surface area (Å²) in [6.45, 7) is -0.0965. The SMILES string of the molecule is NCC(=O)n1ccc2cc([N+](=O)[O-])ccc21. The maximum Gasteiger partial charge on any atom is 0.270 e. The second-order valence-electron chi connectivity index (χ2n) is 3.28. The van der Waals surface area contributed by atoms with E-state index < -0.39 is 4.92 Å². The van der Waals surface area contributed by atoms with Crippen molar-refractivity contribution in [3.8, 4) is 0 Å². The van der Waals surface area contributed by atoms with Crippen LogP contribution in [0.1, 0.15) is 4.79 Å². The summed E-state index contributed by atoms with van der Waals surface area (Å²) in [6.07, 6.45) is 1.56. The molecule has 0 spiro atoms. The number of rotatable bonds is 2. The summed E-state index contributed by atoms with van der Waals surface area (Å²) >= 11 is 0. The first-order valence-corrected chi connectivity index (χ1v) is 4.62. The number of hydrogen-bond donors (Lipinski definition) is 1. The summed E-state index contributed by atoms with van der Waals surface area (Å²) in [4.78, 5) is 21.5. The Labute approximate surface area is 90.4 Å². The van der Waals surface area contributed by atoms with Gasteiger partial charge in [-0.05, 0) is 12.1 Å². The molecule has 1 aromatic carbocycles. The summed E-state index contributed by atoms with van der Waals surface area (Å²) in [6, 6.07) is 5.98. The molecule has 0 saturated carbocycles. The van der Waals surface area contributed by atoms with Gasteiger partial charge in [0.2, 0.25) is 5.91 Å². The average molecular weight is 219 g/mol. The molecule has 2 rings (SSSR count). The maximum absolute atomic E-state index is 11.4. The summed E-state index contributed by atoms with van der Waals surface area (Å²) in [5.41, 5.74) is 5.88. The number of nitrogens with zero attached hydrogens (tertiary/aromatic N) is 2. The molecule has 0 unspecified atom stereocenters. The lowest BCUT2D eigenvalue weighted by Gasteiger charge is -2.00. The van der Waals surface area contributed by atoms with Crippen LogP contribution >= 0.6 is 0 Å². The summed E-state index contributed by atoms with van der Waals surface area (Å²) in [7, 11) is 0. The van der Waals surface area contributed by atoms with Crippen molar-refractivity contribution in [1.82, 2.24) is 4.57 Å². The van der Waals surface area contributed by atoms with Crippen molar-refractivity contribution in [1.29, 1.82) is 0 Å². The molecule has 1 heterocycles. The van der Waals surface area contributed by atoms with Crippen LogP contribution in [0.3, 0.4) is 0 Å². The number of nitro benzene ring substituents is 1. The first-order valence-electron chi connectivity index (χ1n) is 4.62. The molecule has 0 aliphatic heterocycles. The number of nitrogens with two attached hydrogens (primary N) is 1. The number of non-ortho nitro benzene ring substituents is 1. The van der Waals surface area contributed by atoms with Crippen LogP contribution in [0.4, 0.5) is 5.69 Å². The second-order valence-corrected chi connectivity index (χ2v) is 3.28. The number of aromatic nitrogens is 1. The van der Waals surface area contributed by atoms with Crippen molar-refractivity contribution in [2.24, 2.45) is 5.73 Å². The van der Waals surface area contributed by atoms with Gasteiger partial charge in [-0.1, -0.05) is 0 Å². The fourth-order valence-corrected chi connectivity index (χ4v) is 1.56. The van der Waals surface area contributed by atoms with Crippen molar-refractivity contribution >= 4 is 22.5 Å². The van der Waals surface area contributed by atoms with Gasteiger partial charge >= 0.3 is 0 Å². The second kappa shape index (κ2) is 3.74. The highest BCUT2D eigenvalue weighted by Gasteiger charge is 2.11. The van der Waals surface area contributed by atoms with Crippen LogP contribution in [-0.4, -0.2) is 21.9 Å². The van der Waals surface area contributed by atoms with Crippen molar-refractivity contribution in [3.05, 3.63) is 40.6 Å². The Hall–Kier alpha value is -2.21. The Balaban J connectivity index is 2.59.